The van der Waals surface area contributed by atoms with Crippen molar-refractivity contribution in [3.05, 3.63) is 36.2 Å². The van der Waals surface area contributed by atoms with Crippen molar-refractivity contribution in [2.24, 2.45) is 5.73 Å². The molecule has 0 aliphatic carbocycles. The van der Waals surface area contributed by atoms with Crippen LogP contribution in [0.4, 0.5) is 5.69 Å². The molecule has 1 amide bonds. The van der Waals surface area contributed by atoms with Crippen LogP contribution in [0.5, 0.6) is 0 Å². The Morgan fingerprint density at radius 3 is 2.89 bits per heavy atom. The fourth-order valence-electron chi connectivity index (χ4n) is 1.59. The molecule has 0 saturated heterocycles. The molecule has 3 aromatic rings. The zero-order valence-corrected chi connectivity index (χ0v) is 9.20. The molecule has 0 aliphatic rings. The molecule has 0 saturated carbocycles. The van der Waals surface area contributed by atoms with Gasteiger partial charge < -0.3 is 15.9 Å². The third kappa shape index (κ3) is 1.58. The molecule has 0 unspecified atom stereocenters. The predicted molar refractivity (Wildman–Crippen MR) is 64.1 cm³/mol. The number of hydrogen-bond donors (Lipinski definition) is 2. The molecule has 4 N–H and O–H groups in total. The molecular formula is C11H9N5O2. The lowest BCUT2D eigenvalue weighted by Crippen LogP contribution is -2.12. The van der Waals surface area contributed by atoms with Crippen LogP contribution in [0.25, 0.3) is 17.1 Å². The molecular weight excluding hydrogens is 234 g/mol. The molecule has 18 heavy (non-hydrogen) atoms. The topological polar surface area (TPSA) is 113 Å². The van der Waals surface area contributed by atoms with Crippen LogP contribution in [0.3, 0.4) is 0 Å². The van der Waals surface area contributed by atoms with Crippen LogP contribution in [0, 0.1) is 0 Å². The van der Waals surface area contributed by atoms with Gasteiger partial charge in [-0.25, -0.2) is 0 Å². The van der Waals surface area contributed by atoms with Crippen molar-refractivity contribution in [2.45, 2.75) is 0 Å². The average molecular weight is 243 g/mol. The molecule has 0 radical (unpaired) electrons. The zero-order valence-electron chi connectivity index (χ0n) is 9.20. The number of benzene rings is 1. The number of oxazole rings is 1. The molecule has 7 heteroatoms. The number of carbonyl (C=O) groups is 1. The summed E-state index contributed by atoms with van der Waals surface area (Å²) in [5.74, 6) is -0.603. The number of fused-ring (bicyclic) bond motifs is 1. The number of rotatable bonds is 2. The Hall–Kier alpha value is -2.83. The lowest BCUT2D eigenvalue weighted by atomic mass is 10.3. The minimum atomic E-state index is -0.603. The Bertz CT molecular complexity index is 743. The van der Waals surface area contributed by atoms with Gasteiger partial charge >= 0.3 is 6.01 Å². The molecule has 90 valence electrons. The molecule has 0 aliphatic heterocycles. The maximum Gasteiger partial charge on any atom is 0.323 e. The van der Waals surface area contributed by atoms with Gasteiger partial charge in [-0.15, -0.1) is 0 Å². The van der Waals surface area contributed by atoms with Crippen LogP contribution in [0.2, 0.25) is 0 Å². The summed E-state index contributed by atoms with van der Waals surface area (Å²) in [6, 6.07) is 6.88. The molecule has 0 atom stereocenters. The van der Waals surface area contributed by atoms with Gasteiger partial charge in [-0.2, -0.15) is 14.8 Å². The van der Waals surface area contributed by atoms with Crippen LogP contribution >= 0.6 is 0 Å². The van der Waals surface area contributed by atoms with E-state index in [1.807, 2.05) is 0 Å². The van der Waals surface area contributed by atoms with E-state index in [9.17, 15) is 4.79 Å². The standard InChI is InChI=1S/C11H9N5O2/c12-6-1-2-9-8(5-6)14-11(18-9)16-4-3-7(15-16)10(13)17/h1-5H,12H2,(H2,13,17). The van der Waals surface area contributed by atoms with Crippen molar-refractivity contribution >= 4 is 22.7 Å². The van der Waals surface area contributed by atoms with E-state index in [0.29, 0.717) is 16.8 Å². The summed E-state index contributed by atoms with van der Waals surface area (Å²) in [5, 5.41) is 3.95. The minimum absolute atomic E-state index is 0.150. The first-order valence-corrected chi connectivity index (χ1v) is 5.15. The highest BCUT2D eigenvalue weighted by Gasteiger charge is 2.11. The molecule has 1 aromatic carbocycles. The van der Waals surface area contributed by atoms with Crippen molar-refractivity contribution < 1.29 is 9.21 Å². The van der Waals surface area contributed by atoms with Gasteiger partial charge in [-0.1, -0.05) is 0 Å². The van der Waals surface area contributed by atoms with E-state index in [1.54, 1.807) is 24.4 Å². The number of anilines is 1. The Labute approximate surface area is 101 Å². The first-order chi connectivity index (χ1) is 8.63. The van der Waals surface area contributed by atoms with Crippen LogP contribution in [0.15, 0.2) is 34.9 Å². The average Bonchev–Trinajstić information content (AvgIpc) is 2.93. The monoisotopic (exact) mass is 243 g/mol. The first kappa shape index (κ1) is 10.3. The summed E-state index contributed by atoms with van der Waals surface area (Å²) >= 11 is 0. The predicted octanol–water partition coefficient (Wildman–Crippen LogP) is 0.695. The fraction of sp³-hybridized carbons (Fsp3) is 0. The second kappa shape index (κ2) is 3.59. The number of carbonyl (C=O) groups excluding carboxylic acids is 1. The Morgan fingerprint density at radius 2 is 2.17 bits per heavy atom. The quantitative estimate of drug-likeness (QED) is 0.643. The number of hydrogen-bond acceptors (Lipinski definition) is 5. The Balaban J connectivity index is 2.10. The first-order valence-electron chi connectivity index (χ1n) is 5.15. The van der Waals surface area contributed by atoms with E-state index in [-0.39, 0.29) is 11.7 Å². The third-order valence-electron chi connectivity index (χ3n) is 2.44. The van der Waals surface area contributed by atoms with Gasteiger partial charge in [0.15, 0.2) is 11.3 Å². The van der Waals surface area contributed by atoms with E-state index in [4.69, 9.17) is 15.9 Å². The Kier molecular flexibility index (Phi) is 2.06. The van der Waals surface area contributed by atoms with Gasteiger partial charge in [0, 0.05) is 11.9 Å². The second-order valence-electron chi connectivity index (χ2n) is 3.73. The van der Waals surface area contributed by atoms with Crippen LogP contribution < -0.4 is 11.5 Å². The van der Waals surface area contributed by atoms with E-state index in [2.05, 4.69) is 10.1 Å². The van der Waals surface area contributed by atoms with Crippen molar-refractivity contribution in [1.82, 2.24) is 14.8 Å². The molecule has 0 bridgehead atoms. The highest BCUT2D eigenvalue weighted by atomic mass is 16.4. The molecule has 7 nitrogen and oxygen atoms in total. The smallest absolute Gasteiger partial charge is 0.323 e. The van der Waals surface area contributed by atoms with Crippen molar-refractivity contribution in [2.75, 3.05) is 5.73 Å². The molecule has 2 heterocycles. The van der Waals surface area contributed by atoms with E-state index < -0.39 is 5.91 Å². The molecule has 0 spiro atoms. The summed E-state index contributed by atoms with van der Waals surface area (Å²) in [4.78, 5) is 15.2. The van der Waals surface area contributed by atoms with E-state index >= 15 is 0 Å². The summed E-state index contributed by atoms with van der Waals surface area (Å²) in [6.07, 6.45) is 1.55. The van der Waals surface area contributed by atoms with Crippen molar-refractivity contribution in [3.63, 3.8) is 0 Å². The van der Waals surface area contributed by atoms with Crippen LogP contribution in [-0.2, 0) is 0 Å². The van der Waals surface area contributed by atoms with Gasteiger partial charge in [0.05, 0.1) is 0 Å². The number of nitrogen functional groups attached to an aromatic ring is 1. The van der Waals surface area contributed by atoms with Crippen molar-refractivity contribution in [3.8, 4) is 6.01 Å². The number of nitrogens with zero attached hydrogens (tertiary/aromatic N) is 3. The SMILES string of the molecule is NC(=O)c1ccn(-c2nc3cc(N)ccc3o2)n1. The summed E-state index contributed by atoms with van der Waals surface area (Å²) in [7, 11) is 0. The van der Waals surface area contributed by atoms with Gasteiger partial charge in [-0.3, -0.25) is 4.79 Å². The number of primary amides is 1. The zero-order chi connectivity index (χ0) is 12.7. The van der Waals surface area contributed by atoms with Gasteiger partial charge in [0.25, 0.3) is 5.91 Å². The Morgan fingerprint density at radius 1 is 1.33 bits per heavy atom. The maximum absolute atomic E-state index is 10.9. The maximum atomic E-state index is 10.9. The molecule has 3 rings (SSSR count). The molecule has 2 aromatic heterocycles. The minimum Gasteiger partial charge on any atom is -0.422 e. The fourth-order valence-corrected chi connectivity index (χ4v) is 1.59. The highest BCUT2D eigenvalue weighted by Crippen LogP contribution is 2.20. The normalized spacial score (nSPS) is 10.9. The lowest BCUT2D eigenvalue weighted by molar-refractivity contribution is 0.0995. The van der Waals surface area contributed by atoms with Crippen molar-refractivity contribution in [1.29, 1.82) is 0 Å². The van der Waals surface area contributed by atoms with Gasteiger partial charge in [-0.05, 0) is 24.3 Å². The van der Waals surface area contributed by atoms with E-state index in [0.717, 1.165) is 0 Å². The summed E-state index contributed by atoms with van der Waals surface area (Å²) < 4.78 is 6.83. The second-order valence-corrected chi connectivity index (χ2v) is 3.73. The lowest BCUT2D eigenvalue weighted by Gasteiger charge is -1.91. The number of aromatic nitrogens is 3. The van der Waals surface area contributed by atoms with Crippen LogP contribution in [0.1, 0.15) is 10.5 Å². The van der Waals surface area contributed by atoms with Gasteiger partial charge in [0.2, 0.25) is 0 Å². The van der Waals surface area contributed by atoms with Gasteiger partial charge in [0.1, 0.15) is 5.52 Å². The summed E-state index contributed by atoms with van der Waals surface area (Å²) in [5.41, 5.74) is 12.7. The summed E-state index contributed by atoms with van der Waals surface area (Å²) in [6.45, 7) is 0. The molecule has 0 fully saturated rings. The largest absolute Gasteiger partial charge is 0.422 e. The number of nitrogens with two attached hydrogens (primary N) is 2. The van der Waals surface area contributed by atoms with Crippen LogP contribution in [-0.4, -0.2) is 20.7 Å². The number of amides is 1. The van der Waals surface area contributed by atoms with E-state index in [1.165, 1.54) is 10.7 Å². The third-order valence-corrected chi connectivity index (χ3v) is 2.44. The highest BCUT2D eigenvalue weighted by molar-refractivity contribution is 5.90.